The number of phenolic OH excluding ortho intramolecular Hbond substituents is 1. The molecule has 0 aromatic heterocycles. The summed E-state index contributed by atoms with van der Waals surface area (Å²) in [5.41, 5.74) is 2.24. The van der Waals surface area contributed by atoms with Crippen LogP contribution in [-0.4, -0.2) is 10.9 Å². The molecule has 1 atom stereocenters. The number of ether oxygens (including phenoxy) is 1. The summed E-state index contributed by atoms with van der Waals surface area (Å²) >= 11 is 0. The van der Waals surface area contributed by atoms with Gasteiger partial charge in [0.05, 0.1) is 5.56 Å². The predicted octanol–water partition coefficient (Wildman–Crippen LogP) is 3.66. The molecule has 1 aliphatic heterocycles. The van der Waals surface area contributed by atoms with Crippen molar-refractivity contribution in [3.8, 4) is 11.5 Å². The minimum absolute atomic E-state index is 0.00581. The van der Waals surface area contributed by atoms with Crippen molar-refractivity contribution in [3.05, 3.63) is 59.2 Å². The third kappa shape index (κ3) is 2.16. The van der Waals surface area contributed by atoms with Crippen LogP contribution in [0.1, 0.15) is 40.9 Å². The van der Waals surface area contributed by atoms with Crippen LogP contribution >= 0.6 is 0 Å². The average molecular weight is 268 g/mol. The lowest BCUT2D eigenvalue weighted by molar-refractivity contribution is 0.101. The molecule has 0 bridgehead atoms. The van der Waals surface area contributed by atoms with Gasteiger partial charge in [0, 0.05) is 5.56 Å². The maximum atomic E-state index is 11.4. The highest BCUT2D eigenvalue weighted by Crippen LogP contribution is 2.40. The number of rotatable bonds is 2. The second-order valence-corrected chi connectivity index (χ2v) is 5.05. The number of carbonyl (C=O) groups is 1. The first-order chi connectivity index (χ1) is 9.66. The number of Topliss-reactive ketones (excluding diaryl/α,β-unsaturated/α-hetero) is 1. The topological polar surface area (TPSA) is 46.5 Å². The van der Waals surface area contributed by atoms with Gasteiger partial charge in [-0.3, -0.25) is 4.79 Å². The first-order valence-corrected chi connectivity index (χ1v) is 6.74. The van der Waals surface area contributed by atoms with Crippen LogP contribution in [0.25, 0.3) is 0 Å². The van der Waals surface area contributed by atoms with Gasteiger partial charge < -0.3 is 9.84 Å². The Hall–Kier alpha value is -2.29. The Morgan fingerprint density at radius 3 is 2.65 bits per heavy atom. The van der Waals surface area contributed by atoms with Crippen molar-refractivity contribution in [2.45, 2.75) is 25.9 Å². The Labute approximate surface area is 117 Å². The summed E-state index contributed by atoms with van der Waals surface area (Å²) in [4.78, 5) is 11.4. The summed E-state index contributed by atoms with van der Waals surface area (Å²) in [6.07, 6.45) is 1.51. The van der Waals surface area contributed by atoms with Crippen LogP contribution < -0.4 is 4.74 Å². The molecular formula is C17H16O3. The molecule has 0 saturated heterocycles. The van der Waals surface area contributed by atoms with Crippen molar-refractivity contribution in [1.82, 2.24) is 0 Å². The number of phenols is 1. The van der Waals surface area contributed by atoms with Gasteiger partial charge in [0.15, 0.2) is 5.78 Å². The van der Waals surface area contributed by atoms with E-state index in [0.717, 1.165) is 17.5 Å². The third-order valence-corrected chi connectivity index (χ3v) is 3.72. The standard InChI is InChI=1S/C17H16O3/c1-11(18)13-7-10-16-14(17(13)19)8-9-15(20-16)12-5-3-2-4-6-12/h2-7,10,15,19H,8-9H2,1H3/t15-/m1/s1. The normalized spacial score (nSPS) is 17.1. The molecule has 102 valence electrons. The van der Waals surface area contributed by atoms with Crippen molar-refractivity contribution in [1.29, 1.82) is 0 Å². The molecule has 2 aromatic rings. The highest BCUT2D eigenvalue weighted by atomic mass is 16.5. The first-order valence-electron chi connectivity index (χ1n) is 6.74. The molecule has 3 nitrogen and oxygen atoms in total. The fourth-order valence-corrected chi connectivity index (χ4v) is 2.64. The molecule has 1 heterocycles. The SMILES string of the molecule is CC(=O)c1ccc2c(c1O)CC[C@H](c1ccccc1)O2. The Morgan fingerprint density at radius 1 is 1.20 bits per heavy atom. The monoisotopic (exact) mass is 268 g/mol. The fourth-order valence-electron chi connectivity index (χ4n) is 2.64. The molecular weight excluding hydrogens is 252 g/mol. The van der Waals surface area contributed by atoms with Gasteiger partial charge in [-0.15, -0.1) is 0 Å². The Balaban J connectivity index is 1.93. The lowest BCUT2D eigenvalue weighted by Gasteiger charge is -2.27. The van der Waals surface area contributed by atoms with Crippen LogP contribution in [0.2, 0.25) is 0 Å². The van der Waals surface area contributed by atoms with Gasteiger partial charge in [-0.25, -0.2) is 0 Å². The van der Waals surface area contributed by atoms with E-state index in [4.69, 9.17) is 4.74 Å². The molecule has 0 saturated carbocycles. The van der Waals surface area contributed by atoms with E-state index in [1.54, 1.807) is 12.1 Å². The van der Waals surface area contributed by atoms with Gasteiger partial charge in [-0.2, -0.15) is 0 Å². The molecule has 3 rings (SSSR count). The van der Waals surface area contributed by atoms with Crippen molar-refractivity contribution >= 4 is 5.78 Å². The van der Waals surface area contributed by atoms with Gasteiger partial charge in [-0.1, -0.05) is 30.3 Å². The van der Waals surface area contributed by atoms with E-state index in [2.05, 4.69) is 0 Å². The van der Waals surface area contributed by atoms with Crippen LogP contribution in [0.3, 0.4) is 0 Å². The summed E-state index contributed by atoms with van der Waals surface area (Å²) in [6, 6.07) is 13.4. The van der Waals surface area contributed by atoms with Gasteiger partial charge in [-0.05, 0) is 37.5 Å². The van der Waals surface area contributed by atoms with Crippen LogP contribution in [-0.2, 0) is 6.42 Å². The quantitative estimate of drug-likeness (QED) is 0.845. The Kier molecular flexibility index (Phi) is 3.18. The van der Waals surface area contributed by atoms with E-state index >= 15 is 0 Å². The van der Waals surface area contributed by atoms with Crippen LogP contribution in [0.5, 0.6) is 11.5 Å². The van der Waals surface area contributed by atoms with E-state index in [9.17, 15) is 9.90 Å². The first kappa shape index (κ1) is 12.7. The maximum Gasteiger partial charge on any atom is 0.163 e. The predicted molar refractivity (Wildman–Crippen MR) is 76.2 cm³/mol. The number of carbonyl (C=O) groups excluding carboxylic acids is 1. The second kappa shape index (κ2) is 5.00. The van der Waals surface area contributed by atoms with Gasteiger partial charge in [0.1, 0.15) is 17.6 Å². The van der Waals surface area contributed by atoms with E-state index in [0.29, 0.717) is 17.7 Å². The molecule has 0 radical (unpaired) electrons. The van der Waals surface area contributed by atoms with E-state index < -0.39 is 0 Å². The Bertz CT molecular complexity index is 647. The molecule has 0 fully saturated rings. The highest BCUT2D eigenvalue weighted by molar-refractivity contribution is 5.97. The average Bonchev–Trinajstić information content (AvgIpc) is 2.48. The van der Waals surface area contributed by atoms with E-state index in [-0.39, 0.29) is 17.6 Å². The summed E-state index contributed by atoms with van der Waals surface area (Å²) < 4.78 is 5.96. The number of fused-ring (bicyclic) bond motifs is 1. The summed E-state index contributed by atoms with van der Waals surface area (Å²) in [7, 11) is 0. The van der Waals surface area contributed by atoms with Crippen molar-refractivity contribution in [2.75, 3.05) is 0 Å². The lowest BCUT2D eigenvalue weighted by Crippen LogP contribution is -2.15. The number of ketones is 1. The van der Waals surface area contributed by atoms with Crippen molar-refractivity contribution < 1.29 is 14.6 Å². The van der Waals surface area contributed by atoms with E-state index in [1.807, 2.05) is 30.3 Å². The van der Waals surface area contributed by atoms with Gasteiger partial charge in [0.2, 0.25) is 0 Å². The summed E-state index contributed by atoms with van der Waals surface area (Å²) in [5, 5.41) is 10.2. The highest BCUT2D eigenvalue weighted by Gasteiger charge is 2.25. The molecule has 0 amide bonds. The van der Waals surface area contributed by atoms with Crippen LogP contribution in [0.4, 0.5) is 0 Å². The molecule has 1 aliphatic rings. The number of hydrogen-bond donors (Lipinski definition) is 1. The molecule has 20 heavy (non-hydrogen) atoms. The fraction of sp³-hybridized carbons (Fsp3) is 0.235. The Morgan fingerprint density at radius 2 is 1.95 bits per heavy atom. The van der Waals surface area contributed by atoms with Crippen LogP contribution in [0.15, 0.2) is 42.5 Å². The number of hydrogen-bond acceptors (Lipinski definition) is 3. The van der Waals surface area contributed by atoms with Gasteiger partial charge >= 0.3 is 0 Å². The second-order valence-electron chi connectivity index (χ2n) is 5.05. The zero-order valence-corrected chi connectivity index (χ0v) is 11.3. The summed E-state index contributed by atoms with van der Waals surface area (Å²) in [5.74, 6) is 0.615. The molecule has 2 aromatic carbocycles. The minimum Gasteiger partial charge on any atom is -0.507 e. The van der Waals surface area contributed by atoms with Crippen LogP contribution in [0, 0.1) is 0 Å². The van der Waals surface area contributed by atoms with Crippen molar-refractivity contribution in [3.63, 3.8) is 0 Å². The molecule has 1 N–H and O–H groups in total. The largest absolute Gasteiger partial charge is 0.507 e. The molecule has 0 unspecified atom stereocenters. The summed E-state index contributed by atoms with van der Waals surface area (Å²) in [6.45, 7) is 1.46. The maximum absolute atomic E-state index is 11.4. The number of aromatic hydroxyl groups is 1. The zero-order chi connectivity index (χ0) is 14.1. The van der Waals surface area contributed by atoms with E-state index in [1.165, 1.54) is 6.92 Å². The molecule has 0 spiro atoms. The van der Waals surface area contributed by atoms with Gasteiger partial charge in [0.25, 0.3) is 0 Å². The minimum atomic E-state index is -0.129. The third-order valence-electron chi connectivity index (χ3n) is 3.72. The lowest BCUT2D eigenvalue weighted by atomic mass is 9.94. The van der Waals surface area contributed by atoms with Crippen molar-refractivity contribution in [2.24, 2.45) is 0 Å². The smallest absolute Gasteiger partial charge is 0.163 e. The number of benzene rings is 2. The molecule has 3 heteroatoms. The zero-order valence-electron chi connectivity index (χ0n) is 11.3. The molecule has 0 aliphatic carbocycles.